The zero-order valence-electron chi connectivity index (χ0n) is 10.6. The zero-order chi connectivity index (χ0) is 11.7. The summed E-state index contributed by atoms with van der Waals surface area (Å²) in [5.41, 5.74) is 3.43. The van der Waals surface area contributed by atoms with E-state index in [4.69, 9.17) is 0 Å². The first kappa shape index (κ1) is 13.6. The topological polar surface area (TPSA) is 47.7 Å². The Morgan fingerprint density at radius 1 is 1.29 bits per heavy atom. The molecule has 0 aliphatic heterocycles. The molecule has 0 aliphatic rings. The lowest BCUT2D eigenvalue weighted by atomic mass is 10.2. The van der Waals surface area contributed by atoms with Crippen LogP contribution in [0.1, 0.15) is 16.8 Å². The van der Waals surface area contributed by atoms with Crippen molar-refractivity contribution in [3.8, 4) is 0 Å². The van der Waals surface area contributed by atoms with Crippen LogP contribution in [0.15, 0.2) is 12.4 Å². The third-order valence-corrected chi connectivity index (χ3v) is 2.68. The van der Waals surface area contributed by atoms with E-state index in [2.05, 4.69) is 15.5 Å². The first-order valence-electron chi connectivity index (χ1n) is 5.29. The third kappa shape index (κ3) is 2.79. The third-order valence-electron chi connectivity index (χ3n) is 2.68. The van der Waals surface area contributed by atoms with Crippen molar-refractivity contribution in [3.05, 3.63) is 29.2 Å². The van der Waals surface area contributed by atoms with Gasteiger partial charge in [0.05, 0.1) is 11.9 Å². The molecule has 0 radical (unpaired) electrons. The number of halogens is 1. The first-order valence-corrected chi connectivity index (χ1v) is 5.29. The lowest BCUT2D eigenvalue weighted by Crippen LogP contribution is -2.05. The zero-order valence-corrected chi connectivity index (χ0v) is 11.4. The molecule has 1 N–H and O–H groups in total. The van der Waals surface area contributed by atoms with E-state index in [1.807, 2.05) is 49.7 Å². The number of rotatable bonds is 3. The maximum absolute atomic E-state index is 4.31. The van der Waals surface area contributed by atoms with Gasteiger partial charge in [0.15, 0.2) is 0 Å². The second-order valence-electron chi connectivity index (χ2n) is 4.07. The van der Waals surface area contributed by atoms with E-state index in [0.29, 0.717) is 0 Å². The number of nitrogens with one attached hydrogen (secondary N) is 1. The van der Waals surface area contributed by atoms with Crippen molar-refractivity contribution in [2.45, 2.75) is 20.4 Å². The van der Waals surface area contributed by atoms with Gasteiger partial charge in [0.25, 0.3) is 0 Å². The van der Waals surface area contributed by atoms with Crippen LogP contribution in [-0.4, -0.2) is 19.6 Å². The van der Waals surface area contributed by atoms with Gasteiger partial charge in [-0.1, -0.05) is 0 Å². The highest BCUT2D eigenvalue weighted by atomic mass is 35.5. The van der Waals surface area contributed by atoms with Crippen LogP contribution in [0.2, 0.25) is 0 Å². The van der Waals surface area contributed by atoms with Crippen LogP contribution in [0.3, 0.4) is 0 Å². The lowest BCUT2D eigenvalue weighted by Gasteiger charge is -2.06. The minimum absolute atomic E-state index is 0. The predicted octanol–water partition coefficient (Wildman–Crippen LogP) is 1.80. The molecule has 0 saturated carbocycles. The molecule has 0 saturated heterocycles. The van der Waals surface area contributed by atoms with Crippen LogP contribution in [0.5, 0.6) is 0 Å². The SMILES string of the molecule is Cc1cnn(C)c1NCc1cn(C)nc1C.Cl. The molecule has 2 aromatic heterocycles. The standard InChI is InChI=1S/C11H17N5.ClH/c1-8-5-13-16(4)11(8)12-6-10-7-15(3)14-9(10)2;/h5,7,12H,6H2,1-4H3;1H. The molecular weight excluding hydrogens is 238 g/mol. The Bertz CT molecular complexity index is 480. The van der Waals surface area contributed by atoms with Crippen LogP contribution in [0, 0.1) is 13.8 Å². The van der Waals surface area contributed by atoms with Gasteiger partial charge in [-0.25, -0.2) is 0 Å². The Kier molecular flexibility index (Phi) is 4.17. The fraction of sp³-hybridized carbons (Fsp3) is 0.455. The molecule has 0 amide bonds. The molecule has 0 fully saturated rings. The highest BCUT2D eigenvalue weighted by Gasteiger charge is 2.06. The Balaban J connectivity index is 0.00000144. The highest BCUT2D eigenvalue weighted by molar-refractivity contribution is 5.85. The van der Waals surface area contributed by atoms with Crippen LogP contribution in [-0.2, 0) is 20.6 Å². The fourth-order valence-electron chi connectivity index (χ4n) is 1.80. The summed E-state index contributed by atoms with van der Waals surface area (Å²) >= 11 is 0. The Labute approximate surface area is 107 Å². The number of aromatic nitrogens is 4. The Morgan fingerprint density at radius 2 is 2.00 bits per heavy atom. The van der Waals surface area contributed by atoms with Crippen LogP contribution >= 0.6 is 12.4 Å². The van der Waals surface area contributed by atoms with Crippen LogP contribution in [0.4, 0.5) is 5.82 Å². The molecule has 2 aromatic rings. The normalized spacial score (nSPS) is 10.1. The van der Waals surface area contributed by atoms with Gasteiger partial charge >= 0.3 is 0 Å². The van der Waals surface area contributed by atoms with Gasteiger partial charge in [0.2, 0.25) is 0 Å². The van der Waals surface area contributed by atoms with Gasteiger partial charge in [0, 0.05) is 38.0 Å². The van der Waals surface area contributed by atoms with Crippen molar-refractivity contribution in [1.82, 2.24) is 19.6 Å². The molecule has 0 spiro atoms. The largest absolute Gasteiger partial charge is 0.366 e. The van der Waals surface area contributed by atoms with Gasteiger partial charge in [-0.05, 0) is 13.8 Å². The summed E-state index contributed by atoms with van der Waals surface area (Å²) < 4.78 is 3.68. The van der Waals surface area contributed by atoms with E-state index in [9.17, 15) is 0 Å². The molecule has 2 rings (SSSR count). The quantitative estimate of drug-likeness (QED) is 0.910. The molecule has 0 aliphatic carbocycles. The lowest BCUT2D eigenvalue weighted by molar-refractivity contribution is 0.756. The van der Waals surface area contributed by atoms with E-state index in [1.54, 1.807) is 0 Å². The van der Waals surface area contributed by atoms with Crippen molar-refractivity contribution < 1.29 is 0 Å². The van der Waals surface area contributed by atoms with Crippen molar-refractivity contribution >= 4 is 18.2 Å². The monoisotopic (exact) mass is 255 g/mol. The van der Waals surface area contributed by atoms with Crippen LogP contribution in [0.25, 0.3) is 0 Å². The van der Waals surface area contributed by atoms with E-state index < -0.39 is 0 Å². The maximum atomic E-state index is 4.31. The second kappa shape index (κ2) is 5.23. The summed E-state index contributed by atoms with van der Waals surface area (Å²) in [6, 6.07) is 0. The van der Waals surface area contributed by atoms with E-state index in [-0.39, 0.29) is 12.4 Å². The maximum Gasteiger partial charge on any atom is 0.127 e. The molecule has 17 heavy (non-hydrogen) atoms. The smallest absolute Gasteiger partial charge is 0.127 e. The van der Waals surface area contributed by atoms with Gasteiger partial charge in [-0.15, -0.1) is 12.4 Å². The summed E-state index contributed by atoms with van der Waals surface area (Å²) in [6.45, 7) is 4.85. The molecule has 0 atom stereocenters. The number of aryl methyl sites for hydroxylation is 4. The number of nitrogens with zero attached hydrogens (tertiary/aromatic N) is 4. The average molecular weight is 256 g/mol. The van der Waals surface area contributed by atoms with Crippen LogP contribution < -0.4 is 5.32 Å². The van der Waals surface area contributed by atoms with Crippen molar-refractivity contribution in [1.29, 1.82) is 0 Å². The molecule has 5 nitrogen and oxygen atoms in total. The van der Waals surface area contributed by atoms with E-state index in [1.165, 1.54) is 5.56 Å². The minimum Gasteiger partial charge on any atom is -0.366 e. The second-order valence-corrected chi connectivity index (χ2v) is 4.07. The molecule has 94 valence electrons. The number of hydrogen-bond acceptors (Lipinski definition) is 3. The Hall–Kier alpha value is -1.49. The van der Waals surface area contributed by atoms with Gasteiger partial charge < -0.3 is 5.32 Å². The summed E-state index contributed by atoms with van der Waals surface area (Å²) in [5.74, 6) is 1.06. The number of hydrogen-bond donors (Lipinski definition) is 1. The van der Waals surface area contributed by atoms with Gasteiger partial charge in [-0.2, -0.15) is 10.2 Å². The average Bonchev–Trinajstić information content (AvgIpc) is 2.69. The number of anilines is 1. The molecule has 0 bridgehead atoms. The van der Waals surface area contributed by atoms with Crippen molar-refractivity contribution in [3.63, 3.8) is 0 Å². The van der Waals surface area contributed by atoms with Gasteiger partial charge in [0.1, 0.15) is 5.82 Å². The molecule has 0 aromatic carbocycles. The molecular formula is C11H18ClN5. The first-order chi connectivity index (χ1) is 7.58. The summed E-state index contributed by atoms with van der Waals surface area (Å²) in [6.07, 6.45) is 3.90. The summed E-state index contributed by atoms with van der Waals surface area (Å²) in [7, 11) is 3.87. The van der Waals surface area contributed by atoms with Gasteiger partial charge in [-0.3, -0.25) is 9.36 Å². The summed E-state index contributed by atoms with van der Waals surface area (Å²) in [5, 5.41) is 11.9. The Morgan fingerprint density at radius 3 is 2.47 bits per heavy atom. The predicted molar refractivity (Wildman–Crippen MR) is 70.5 cm³/mol. The minimum atomic E-state index is 0. The fourth-order valence-corrected chi connectivity index (χ4v) is 1.80. The summed E-state index contributed by atoms with van der Waals surface area (Å²) in [4.78, 5) is 0. The van der Waals surface area contributed by atoms with E-state index >= 15 is 0 Å². The molecule has 0 unspecified atom stereocenters. The molecule has 6 heteroatoms. The van der Waals surface area contributed by atoms with E-state index in [0.717, 1.165) is 23.6 Å². The van der Waals surface area contributed by atoms with Crippen molar-refractivity contribution in [2.24, 2.45) is 14.1 Å². The van der Waals surface area contributed by atoms with Crippen molar-refractivity contribution in [2.75, 3.05) is 5.32 Å². The highest BCUT2D eigenvalue weighted by Crippen LogP contribution is 2.14. The molecule has 2 heterocycles.